The van der Waals surface area contributed by atoms with Crippen molar-refractivity contribution in [2.75, 3.05) is 9.44 Å². The van der Waals surface area contributed by atoms with E-state index in [9.17, 15) is 39.9 Å². The Bertz CT molecular complexity index is 1730. The number of pyridine rings is 1. The molecule has 2 heterocycles. The minimum Gasteiger partial charge on any atom is -0.493 e. The fraction of sp³-hybridized carbons (Fsp3) is 0.0909. The molecule has 0 aliphatic rings. The highest BCUT2D eigenvalue weighted by Crippen LogP contribution is 2.31. The van der Waals surface area contributed by atoms with Gasteiger partial charge in [0.05, 0.1) is 40.9 Å². The van der Waals surface area contributed by atoms with Gasteiger partial charge in [-0.05, 0) is 48.0 Å². The molecule has 16 heteroatoms. The minimum atomic E-state index is -5.59. The number of alkyl halides is 3. The highest BCUT2D eigenvalue weighted by Gasteiger charge is 2.46. The number of aromatic hydroxyl groups is 1. The number of hydrogen-bond donors (Lipinski definition) is 3. The van der Waals surface area contributed by atoms with E-state index in [1.54, 1.807) is 30.3 Å². The van der Waals surface area contributed by atoms with Crippen LogP contribution < -0.4 is 15.1 Å². The van der Waals surface area contributed by atoms with Crippen molar-refractivity contribution in [1.82, 2.24) is 14.1 Å². The largest absolute Gasteiger partial charge is 0.501 e. The second-order valence-electron chi connectivity index (χ2n) is 7.78. The number of nitrogens with one attached hydrogen (secondary N) is 2. The molecule has 3 N–H and O–H groups in total. The Hall–Kier alpha value is -4.31. The smallest absolute Gasteiger partial charge is 0.493 e. The van der Waals surface area contributed by atoms with Crippen LogP contribution in [0.25, 0.3) is 5.69 Å². The van der Waals surface area contributed by atoms with Crippen LogP contribution in [-0.4, -0.2) is 41.6 Å². The first-order valence-electron chi connectivity index (χ1n) is 10.5. The molecule has 38 heavy (non-hydrogen) atoms. The zero-order valence-corrected chi connectivity index (χ0v) is 20.6. The topological polar surface area (TPSA) is 152 Å². The third-order valence-electron chi connectivity index (χ3n) is 5.17. The first-order chi connectivity index (χ1) is 17.8. The van der Waals surface area contributed by atoms with Gasteiger partial charge in [0, 0.05) is 6.20 Å². The van der Waals surface area contributed by atoms with E-state index in [1.807, 2.05) is 0 Å². The molecule has 0 atom stereocenters. The summed E-state index contributed by atoms with van der Waals surface area (Å²) >= 11 is 0. The quantitative estimate of drug-likeness (QED) is 0.295. The van der Waals surface area contributed by atoms with Gasteiger partial charge in [0.1, 0.15) is 0 Å². The number of imidazole rings is 1. The Labute approximate surface area is 213 Å². The van der Waals surface area contributed by atoms with Crippen molar-refractivity contribution in [1.29, 1.82) is 0 Å². The van der Waals surface area contributed by atoms with Crippen molar-refractivity contribution in [3.8, 4) is 11.6 Å². The zero-order valence-electron chi connectivity index (χ0n) is 19.0. The average molecular weight is 570 g/mol. The maximum absolute atomic E-state index is 13.0. The second-order valence-corrected chi connectivity index (χ2v) is 11.1. The minimum absolute atomic E-state index is 0.0387. The molecule has 4 rings (SSSR count). The fourth-order valence-electron chi connectivity index (χ4n) is 3.41. The zero-order chi connectivity index (χ0) is 27.7. The first-order valence-corrected chi connectivity index (χ1v) is 13.5. The second kappa shape index (κ2) is 9.86. The van der Waals surface area contributed by atoms with Crippen LogP contribution in [-0.2, 0) is 26.6 Å². The van der Waals surface area contributed by atoms with Crippen molar-refractivity contribution < 1.29 is 35.1 Å². The van der Waals surface area contributed by atoms with Crippen LogP contribution in [0.15, 0.2) is 88.9 Å². The van der Waals surface area contributed by atoms with Gasteiger partial charge < -0.3 is 5.11 Å². The Kier molecular flexibility index (Phi) is 6.94. The number of para-hydroxylation sites is 1. The summed E-state index contributed by atoms with van der Waals surface area (Å²) in [6, 6.07) is 12.7. The average Bonchev–Trinajstić information content (AvgIpc) is 3.12. The summed E-state index contributed by atoms with van der Waals surface area (Å²) < 4.78 is 93.1. The lowest BCUT2D eigenvalue weighted by molar-refractivity contribution is -0.0436. The Morgan fingerprint density at radius 3 is 2.21 bits per heavy atom. The molecule has 4 aromatic rings. The lowest BCUT2D eigenvalue weighted by Crippen LogP contribution is -2.25. The highest BCUT2D eigenvalue weighted by molar-refractivity contribution is 7.94. The van der Waals surface area contributed by atoms with Gasteiger partial charge in [-0.15, -0.1) is 0 Å². The van der Waals surface area contributed by atoms with Crippen LogP contribution in [0.1, 0.15) is 5.56 Å². The van der Waals surface area contributed by atoms with E-state index in [-0.39, 0.29) is 17.9 Å². The Balaban J connectivity index is 1.61. The standard InChI is InChI=1S/C22H18F3N5O6S2/c23-22(24,25)37(33,34)18-8-6-17(7-9-18)30-20(31)14-29(21(30)32)13-15-10-11-26-12-19(15)28-38(35,36)27-16-4-2-1-3-5-16/h1-12,14,27-28,31H,13H2. The molecule has 2 aromatic heterocycles. The summed E-state index contributed by atoms with van der Waals surface area (Å²) in [6.45, 7) is -0.231. The predicted octanol–water partition coefficient (Wildman–Crippen LogP) is 2.85. The summed E-state index contributed by atoms with van der Waals surface area (Å²) in [4.78, 5) is 15.8. The van der Waals surface area contributed by atoms with Gasteiger partial charge in [-0.3, -0.25) is 19.0 Å². The molecule has 0 amide bonds. The predicted molar refractivity (Wildman–Crippen MR) is 131 cm³/mol. The van der Waals surface area contributed by atoms with Crippen LogP contribution in [0.5, 0.6) is 5.88 Å². The van der Waals surface area contributed by atoms with Crippen LogP contribution >= 0.6 is 0 Å². The maximum Gasteiger partial charge on any atom is 0.501 e. The van der Waals surface area contributed by atoms with Gasteiger partial charge in [0.2, 0.25) is 5.88 Å². The Morgan fingerprint density at radius 1 is 0.921 bits per heavy atom. The lowest BCUT2D eigenvalue weighted by Gasteiger charge is -2.13. The number of hydrogen-bond acceptors (Lipinski definition) is 7. The molecule has 0 saturated carbocycles. The van der Waals surface area contributed by atoms with E-state index < -0.39 is 42.0 Å². The highest BCUT2D eigenvalue weighted by atomic mass is 32.2. The number of aromatic nitrogens is 3. The third kappa shape index (κ3) is 5.50. The summed E-state index contributed by atoms with van der Waals surface area (Å²) in [6.07, 6.45) is 3.62. The van der Waals surface area contributed by atoms with Gasteiger partial charge in [0.15, 0.2) is 0 Å². The van der Waals surface area contributed by atoms with E-state index in [1.165, 1.54) is 18.5 Å². The Morgan fingerprint density at radius 2 is 1.58 bits per heavy atom. The molecule has 0 aliphatic heterocycles. The lowest BCUT2D eigenvalue weighted by atomic mass is 10.2. The van der Waals surface area contributed by atoms with Gasteiger partial charge >= 0.3 is 21.4 Å². The van der Waals surface area contributed by atoms with Crippen LogP contribution in [0.2, 0.25) is 0 Å². The van der Waals surface area contributed by atoms with E-state index in [0.29, 0.717) is 23.4 Å². The monoisotopic (exact) mass is 569 g/mol. The molecule has 0 radical (unpaired) electrons. The molecule has 2 aromatic carbocycles. The van der Waals surface area contributed by atoms with E-state index >= 15 is 0 Å². The third-order valence-corrected chi connectivity index (χ3v) is 7.66. The van der Waals surface area contributed by atoms with E-state index in [2.05, 4.69) is 14.4 Å². The number of sulfone groups is 1. The van der Waals surface area contributed by atoms with Gasteiger partial charge in [-0.25, -0.2) is 17.8 Å². The van der Waals surface area contributed by atoms with Crippen LogP contribution in [0, 0.1) is 0 Å². The van der Waals surface area contributed by atoms with Crippen LogP contribution in [0.3, 0.4) is 0 Å². The molecular formula is C22H18F3N5O6S2. The van der Waals surface area contributed by atoms with E-state index in [4.69, 9.17) is 0 Å². The van der Waals surface area contributed by atoms with Crippen molar-refractivity contribution in [3.63, 3.8) is 0 Å². The van der Waals surface area contributed by atoms with Gasteiger partial charge in [-0.1, -0.05) is 18.2 Å². The van der Waals surface area contributed by atoms with Gasteiger partial charge in [-0.2, -0.15) is 21.6 Å². The molecule has 11 nitrogen and oxygen atoms in total. The van der Waals surface area contributed by atoms with Crippen molar-refractivity contribution >= 4 is 31.4 Å². The van der Waals surface area contributed by atoms with Crippen LogP contribution in [0.4, 0.5) is 24.5 Å². The molecule has 0 saturated heterocycles. The molecule has 0 aliphatic carbocycles. The SMILES string of the molecule is O=c1n(Cc2ccncc2NS(=O)(=O)Nc2ccccc2)cc(O)n1-c1ccc(S(=O)(=O)C(F)(F)F)cc1. The number of halogens is 3. The molecular weight excluding hydrogens is 551 g/mol. The molecule has 0 bridgehead atoms. The number of anilines is 2. The fourth-order valence-corrected chi connectivity index (χ4v) is 5.14. The molecule has 0 fully saturated rings. The summed E-state index contributed by atoms with van der Waals surface area (Å²) in [5, 5.41) is 10.3. The molecule has 0 spiro atoms. The van der Waals surface area contributed by atoms with E-state index in [0.717, 1.165) is 27.5 Å². The summed E-state index contributed by atoms with van der Waals surface area (Å²) in [7, 11) is -9.69. The molecule has 200 valence electrons. The van der Waals surface area contributed by atoms with Gasteiger partial charge in [0.25, 0.3) is 9.84 Å². The number of rotatable bonds is 8. The van der Waals surface area contributed by atoms with Crippen molar-refractivity contribution in [2.45, 2.75) is 16.9 Å². The number of nitrogens with zero attached hydrogens (tertiary/aromatic N) is 3. The normalized spacial score (nSPS) is 12.3. The maximum atomic E-state index is 13.0. The summed E-state index contributed by atoms with van der Waals surface area (Å²) in [5.41, 5.74) is -5.80. The molecule has 0 unspecified atom stereocenters. The van der Waals surface area contributed by atoms with Crippen molar-refractivity contribution in [2.24, 2.45) is 0 Å². The summed E-state index contributed by atoms with van der Waals surface area (Å²) in [5.74, 6) is -0.594. The van der Waals surface area contributed by atoms with Crippen molar-refractivity contribution in [3.05, 3.63) is 95.3 Å². The first kappa shape index (κ1) is 26.7. The number of benzene rings is 2.